The van der Waals surface area contributed by atoms with Crippen molar-refractivity contribution in [2.75, 3.05) is 18.1 Å². The first kappa shape index (κ1) is 21.8. The molecule has 0 aromatic heterocycles. The van der Waals surface area contributed by atoms with E-state index in [1.165, 1.54) is 0 Å². The molecule has 162 valence electrons. The minimum Gasteiger partial charge on any atom is -0.454 e. The van der Waals surface area contributed by atoms with Gasteiger partial charge in [0.05, 0.1) is 0 Å². The molecule has 4 amide bonds. The molecule has 1 aromatic rings. The number of carbonyl (C=O) groups is 4. The molecule has 1 aliphatic carbocycles. The number of carbonyl (C=O) groups excluding carboxylic acids is 4. The van der Waals surface area contributed by atoms with Crippen molar-refractivity contribution in [2.24, 2.45) is 5.92 Å². The summed E-state index contributed by atoms with van der Waals surface area (Å²) >= 11 is 0. The molecule has 2 fully saturated rings. The second-order valence-corrected chi connectivity index (χ2v) is 8.29. The van der Waals surface area contributed by atoms with Crippen molar-refractivity contribution < 1.29 is 23.9 Å². The lowest BCUT2D eigenvalue weighted by Gasteiger charge is -2.36. The van der Waals surface area contributed by atoms with Crippen LogP contribution < -0.4 is 10.2 Å². The van der Waals surface area contributed by atoms with Gasteiger partial charge in [-0.05, 0) is 44.7 Å². The molecule has 3 rings (SSSR count). The smallest absolute Gasteiger partial charge is 0.326 e. The second kappa shape index (κ2) is 8.85. The van der Waals surface area contributed by atoms with Crippen LogP contribution in [0.25, 0.3) is 0 Å². The van der Waals surface area contributed by atoms with E-state index in [0.717, 1.165) is 24.2 Å². The maximum Gasteiger partial charge on any atom is 0.326 e. The maximum absolute atomic E-state index is 12.9. The standard InChI is InChI=1S/C22H29N3O5/c1-15(2)25(17-10-5-4-6-11-17)18(26)14-30-19(27)13-24-20(28)22(23-21(24)29)12-8-7-9-16(22)3/h4-6,10-11,15-16H,7-9,12-14H2,1-3H3,(H,23,29)/t16-,22-/m0/s1. The summed E-state index contributed by atoms with van der Waals surface area (Å²) in [6.45, 7) is 4.72. The number of amides is 4. The molecule has 2 aliphatic rings. The van der Waals surface area contributed by atoms with Crippen LogP contribution in [0, 0.1) is 5.92 Å². The molecule has 1 aliphatic heterocycles. The van der Waals surface area contributed by atoms with Gasteiger partial charge in [-0.2, -0.15) is 0 Å². The topological polar surface area (TPSA) is 96.0 Å². The van der Waals surface area contributed by atoms with E-state index >= 15 is 0 Å². The summed E-state index contributed by atoms with van der Waals surface area (Å²) in [5, 5.41) is 2.80. The van der Waals surface area contributed by atoms with Crippen LogP contribution in [0.4, 0.5) is 10.5 Å². The number of anilines is 1. The summed E-state index contributed by atoms with van der Waals surface area (Å²) in [4.78, 5) is 52.7. The molecule has 30 heavy (non-hydrogen) atoms. The Morgan fingerprint density at radius 1 is 1.23 bits per heavy atom. The molecule has 1 spiro atoms. The average molecular weight is 415 g/mol. The molecule has 2 atom stereocenters. The molecule has 8 heteroatoms. The van der Waals surface area contributed by atoms with Crippen LogP contribution in [-0.2, 0) is 19.1 Å². The number of hydrogen-bond donors (Lipinski definition) is 1. The van der Waals surface area contributed by atoms with Gasteiger partial charge in [-0.15, -0.1) is 0 Å². The lowest BCUT2D eigenvalue weighted by atomic mass is 9.73. The summed E-state index contributed by atoms with van der Waals surface area (Å²) < 4.78 is 5.11. The number of nitrogens with one attached hydrogen (secondary N) is 1. The van der Waals surface area contributed by atoms with Crippen molar-refractivity contribution in [3.8, 4) is 0 Å². The van der Waals surface area contributed by atoms with Crippen LogP contribution in [0.2, 0.25) is 0 Å². The fourth-order valence-corrected chi connectivity index (χ4v) is 4.34. The molecule has 0 unspecified atom stereocenters. The SMILES string of the molecule is CC(C)N(C(=O)COC(=O)CN1C(=O)N[C@]2(CCCC[C@@H]2C)C1=O)c1ccccc1. The van der Waals surface area contributed by atoms with Gasteiger partial charge in [-0.3, -0.25) is 19.3 Å². The first-order valence-corrected chi connectivity index (χ1v) is 10.4. The number of ether oxygens (including phenoxy) is 1. The second-order valence-electron chi connectivity index (χ2n) is 8.29. The molecule has 1 N–H and O–H groups in total. The van der Waals surface area contributed by atoms with E-state index < -0.39 is 30.7 Å². The van der Waals surface area contributed by atoms with Crippen LogP contribution in [0.1, 0.15) is 46.5 Å². The van der Waals surface area contributed by atoms with Crippen LogP contribution in [-0.4, -0.2) is 53.4 Å². The molecule has 1 saturated heterocycles. The predicted molar refractivity (Wildman–Crippen MR) is 111 cm³/mol. The van der Waals surface area contributed by atoms with Gasteiger partial charge in [0.25, 0.3) is 11.8 Å². The highest BCUT2D eigenvalue weighted by molar-refractivity contribution is 6.09. The highest BCUT2D eigenvalue weighted by Gasteiger charge is 2.55. The average Bonchev–Trinajstić information content (AvgIpc) is 2.94. The Bertz CT molecular complexity index is 825. The Morgan fingerprint density at radius 3 is 2.57 bits per heavy atom. The third-order valence-electron chi connectivity index (χ3n) is 5.96. The molecular formula is C22H29N3O5. The first-order chi connectivity index (χ1) is 14.3. The number of imide groups is 1. The van der Waals surface area contributed by atoms with E-state index in [4.69, 9.17) is 4.74 Å². The van der Waals surface area contributed by atoms with Gasteiger partial charge in [-0.25, -0.2) is 4.79 Å². The zero-order valence-corrected chi connectivity index (χ0v) is 17.7. The number of esters is 1. The van der Waals surface area contributed by atoms with E-state index in [1.54, 1.807) is 17.0 Å². The Hall–Kier alpha value is -2.90. The minimum absolute atomic E-state index is 0.00997. The molecule has 1 heterocycles. The Morgan fingerprint density at radius 2 is 1.93 bits per heavy atom. The molecule has 0 bridgehead atoms. The van der Waals surface area contributed by atoms with Crippen molar-refractivity contribution in [1.82, 2.24) is 10.2 Å². The summed E-state index contributed by atoms with van der Waals surface area (Å²) in [5.41, 5.74) is -0.219. The normalized spacial score (nSPS) is 23.6. The van der Waals surface area contributed by atoms with E-state index in [9.17, 15) is 19.2 Å². The lowest BCUT2D eigenvalue weighted by Crippen LogP contribution is -2.54. The Balaban J connectivity index is 1.60. The van der Waals surface area contributed by atoms with E-state index in [0.29, 0.717) is 12.1 Å². The highest BCUT2D eigenvalue weighted by Crippen LogP contribution is 2.38. The van der Waals surface area contributed by atoms with Crippen molar-refractivity contribution in [1.29, 1.82) is 0 Å². The lowest BCUT2D eigenvalue weighted by molar-refractivity contribution is -0.151. The third-order valence-corrected chi connectivity index (χ3v) is 5.96. The van der Waals surface area contributed by atoms with Crippen LogP contribution in [0.5, 0.6) is 0 Å². The van der Waals surface area contributed by atoms with Gasteiger partial charge in [0.2, 0.25) is 0 Å². The molecule has 8 nitrogen and oxygen atoms in total. The largest absolute Gasteiger partial charge is 0.454 e. The van der Waals surface area contributed by atoms with Crippen LogP contribution in [0.15, 0.2) is 30.3 Å². The molecule has 0 radical (unpaired) electrons. The monoisotopic (exact) mass is 415 g/mol. The number of benzene rings is 1. The Kier molecular flexibility index (Phi) is 6.43. The van der Waals surface area contributed by atoms with Crippen LogP contribution >= 0.6 is 0 Å². The van der Waals surface area contributed by atoms with Crippen molar-refractivity contribution in [2.45, 2.75) is 58.0 Å². The number of urea groups is 1. The first-order valence-electron chi connectivity index (χ1n) is 10.4. The van der Waals surface area contributed by atoms with Crippen LogP contribution in [0.3, 0.4) is 0 Å². The van der Waals surface area contributed by atoms with E-state index in [2.05, 4.69) is 5.32 Å². The molecular weight excluding hydrogens is 386 g/mol. The third kappa shape index (κ3) is 4.17. The van der Waals surface area contributed by atoms with E-state index in [1.807, 2.05) is 39.0 Å². The van der Waals surface area contributed by atoms with Gasteiger partial charge in [0.1, 0.15) is 12.1 Å². The Labute approximate surface area is 176 Å². The zero-order chi connectivity index (χ0) is 21.9. The minimum atomic E-state index is -0.923. The maximum atomic E-state index is 12.9. The van der Waals surface area contributed by atoms with Gasteiger partial charge in [-0.1, -0.05) is 38.0 Å². The summed E-state index contributed by atoms with van der Waals surface area (Å²) in [6.07, 6.45) is 3.30. The van der Waals surface area contributed by atoms with Crippen molar-refractivity contribution in [3.63, 3.8) is 0 Å². The molecule has 1 aromatic carbocycles. The molecule has 1 saturated carbocycles. The van der Waals surface area contributed by atoms with Gasteiger partial charge >= 0.3 is 12.0 Å². The van der Waals surface area contributed by atoms with Crippen molar-refractivity contribution in [3.05, 3.63) is 30.3 Å². The highest BCUT2D eigenvalue weighted by atomic mass is 16.5. The summed E-state index contributed by atoms with van der Waals surface area (Å²) in [5.74, 6) is -1.53. The number of para-hydroxylation sites is 1. The zero-order valence-electron chi connectivity index (χ0n) is 17.7. The summed E-state index contributed by atoms with van der Waals surface area (Å²) in [6, 6.07) is 8.40. The van der Waals surface area contributed by atoms with E-state index in [-0.39, 0.29) is 23.8 Å². The van der Waals surface area contributed by atoms with Gasteiger partial charge in [0, 0.05) is 11.7 Å². The van der Waals surface area contributed by atoms with Crippen molar-refractivity contribution >= 4 is 29.5 Å². The number of rotatable bonds is 6. The summed E-state index contributed by atoms with van der Waals surface area (Å²) in [7, 11) is 0. The van der Waals surface area contributed by atoms with Gasteiger partial charge in [0.15, 0.2) is 6.61 Å². The number of nitrogens with zero attached hydrogens (tertiary/aromatic N) is 2. The van der Waals surface area contributed by atoms with Gasteiger partial charge < -0.3 is 15.0 Å². The fourth-order valence-electron chi connectivity index (χ4n) is 4.34. The fraction of sp³-hybridized carbons (Fsp3) is 0.545. The predicted octanol–water partition coefficient (Wildman–Crippen LogP) is 2.47. The quantitative estimate of drug-likeness (QED) is 0.569. The number of hydrogen-bond acceptors (Lipinski definition) is 5.